The normalized spacial score (nSPS) is 12.2. The summed E-state index contributed by atoms with van der Waals surface area (Å²) < 4.78 is 5.50. The monoisotopic (exact) mass is 272 g/mol. The molecule has 1 atom stereocenters. The third-order valence-electron chi connectivity index (χ3n) is 2.85. The van der Waals surface area contributed by atoms with Crippen LogP contribution in [0.1, 0.15) is 36.8 Å². The Kier molecular flexibility index (Phi) is 5.01. The Balaban J connectivity index is 2.32. The molecule has 1 N–H and O–H groups in total. The van der Waals surface area contributed by atoms with Crippen LogP contribution in [0, 0.1) is 6.92 Å². The van der Waals surface area contributed by atoms with Gasteiger partial charge in [0.2, 0.25) is 0 Å². The summed E-state index contributed by atoms with van der Waals surface area (Å²) in [6, 6.07) is 1.90. The molecular formula is C15H20N4O. The summed E-state index contributed by atoms with van der Waals surface area (Å²) in [5, 5.41) is 3.38. The van der Waals surface area contributed by atoms with Crippen molar-refractivity contribution < 1.29 is 4.74 Å². The lowest BCUT2D eigenvalue weighted by atomic mass is 10.1. The highest BCUT2D eigenvalue weighted by atomic mass is 16.5. The van der Waals surface area contributed by atoms with E-state index in [0.717, 1.165) is 29.2 Å². The lowest BCUT2D eigenvalue weighted by Gasteiger charge is -2.17. The molecule has 0 bridgehead atoms. The van der Waals surface area contributed by atoms with Gasteiger partial charge in [-0.05, 0) is 37.6 Å². The van der Waals surface area contributed by atoms with E-state index in [4.69, 9.17) is 4.74 Å². The number of nitrogens with one attached hydrogen (secondary N) is 1. The van der Waals surface area contributed by atoms with Crippen molar-refractivity contribution in [1.82, 2.24) is 20.3 Å². The van der Waals surface area contributed by atoms with Gasteiger partial charge in [0.15, 0.2) is 0 Å². The first kappa shape index (κ1) is 14.4. The van der Waals surface area contributed by atoms with E-state index in [0.29, 0.717) is 6.61 Å². The second-order valence-corrected chi connectivity index (χ2v) is 4.50. The van der Waals surface area contributed by atoms with Crippen LogP contribution in [0.5, 0.6) is 5.75 Å². The van der Waals surface area contributed by atoms with E-state index in [1.54, 1.807) is 6.20 Å². The van der Waals surface area contributed by atoms with Crippen LogP contribution < -0.4 is 10.1 Å². The molecule has 0 spiro atoms. The summed E-state index contributed by atoms with van der Waals surface area (Å²) >= 11 is 0. The number of aromatic nitrogens is 3. The van der Waals surface area contributed by atoms with Crippen molar-refractivity contribution in [2.45, 2.75) is 26.8 Å². The van der Waals surface area contributed by atoms with E-state index in [1.165, 1.54) is 0 Å². The molecule has 106 valence electrons. The predicted molar refractivity (Wildman–Crippen MR) is 77.7 cm³/mol. The maximum absolute atomic E-state index is 5.50. The first-order valence-corrected chi connectivity index (χ1v) is 6.84. The summed E-state index contributed by atoms with van der Waals surface area (Å²) in [5.41, 5.74) is 2.05. The average molecular weight is 272 g/mol. The highest BCUT2D eigenvalue weighted by Gasteiger charge is 2.16. The zero-order valence-electron chi connectivity index (χ0n) is 12.1. The molecule has 5 nitrogen and oxygen atoms in total. The first-order valence-electron chi connectivity index (χ1n) is 6.84. The lowest BCUT2D eigenvalue weighted by molar-refractivity contribution is 0.338. The van der Waals surface area contributed by atoms with Gasteiger partial charge in [0, 0.05) is 18.6 Å². The highest BCUT2D eigenvalue weighted by molar-refractivity contribution is 5.29. The Labute approximate surface area is 119 Å². The van der Waals surface area contributed by atoms with E-state index in [1.807, 2.05) is 38.5 Å². The standard InChI is InChI=1S/C15H20N4O/c1-4-17-14(15-18-7-11(3)8-19-15)12-6-13(20-5-2)10-16-9-12/h6-10,14,17H,4-5H2,1-3H3. The first-order chi connectivity index (χ1) is 9.74. The summed E-state index contributed by atoms with van der Waals surface area (Å²) in [5.74, 6) is 1.51. The minimum atomic E-state index is -0.0755. The van der Waals surface area contributed by atoms with Crippen LogP contribution in [-0.4, -0.2) is 28.1 Å². The van der Waals surface area contributed by atoms with Crippen LogP contribution in [-0.2, 0) is 0 Å². The van der Waals surface area contributed by atoms with Crippen molar-refractivity contribution >= 4 is 0 Å². The van der Waals surface area contributed by atoms with E-state index in [2.05, 4.69) is 27.2 Å². The second kappa shape index (κ2) is 6.96. The molecule has 20 heavy (non-hydrogen) atoms. The Morgan fingerprint density at radius 2 is 1.90 bits per heavy atom. The molecule has 0 aliphatic rings. The quantitative estimate of drug-likeness (QED) is 0.874. The summed E-state index contributed by atoms with van der Waals surface area (Å²) in [6.07, 6.45) is 7.18. The largest absolute Gasteiger partial charge is 0.492 e. The fraction of sp³-hybridized carbons (Fsp3) is 0.400. The molecule has 0 amide bonds. The Morgan fingerprint density at radius 1 is 1.15 bits per heavy atom. The van der Waals surface area contributed by atoms with Gasteiger partial charge in [-0.2, -0.15) is 0 Å². The van der Waals surface area contributed by atoms with Crippen molar-refractivity contribution in [3.8, 4) is 5.75 Å². The fourth-order valence-electron chi connectivity index (χ4n) is 1.95. The average Bonchev–Trinajstić information content (AvgIpc) is 2.47. The molecule has 2 aromatic rings. The minimum Gasteiger partial charge on any atom is -0.492 e. The van der Waals surface area contributed by atoms with E-state index in [-0.39, 0.29) is 6.04 Å². The topological polar surface area (TPSA) is 59.9 Å². The van der Waals surface area contributed by atoms with Gasteiger partial charge in [-0.15, -0.1) is 0 Å². The van der Waals surface area contributed by atoms with Crippen molar-refractivity contribution in [3.63, 3.8) is 0 Å². The highest BCUT2D eigenvalue weighted by Crippen LogP contribution is 2.21. The van der Waals surface area contributed by atoms with Crippen molar-refractivity contribution in [3.05, 3.63) is 47.8 Å². The third-order valence-corrected chi connectivity index (χ3v) is 2.85. The fourth-order valence-corrected chi connectivity index (χ4v) is 1.95. The maximum atomic E-state index is 5.50. The van der Waals surface area contributed by atoms with E-state index >= 15 is 0 Å². The molecule has 0 aromatic carbocycles. The van der Waals surface area contributed by atoms with Gasteiger partial charge in [-0.25, -0.2) is 9.97 Å². The zero-order valence-corrected chi connectivity index (χ0v) is 12.1. The van der Waals surface area contributed by atoms with E-state index in [9.17, 15) is 0 Å². The predicted octanol–water partition coefficient (Wildman–Crippen LogP) is 2.28. The van der Waals surface area contributed by atoms with Crippen LogP contribution >= 0.6 is 0 Å². The van der Waals surface area contributed by atoms with Crippen molar-refractivity contribution in [2.75, 3.05) is 13.2 Å². The number of nitrogens with zero attached hydrogens (tertiary/aromatic N) is 3. The molecule has 0 saturated heterocycles. The summed E-state index contributed by atoms with van der Waals surface area (Å²) in [4.78, 5) is 13.0. The molecule has 2 aromatic heterocycles. The number of pyridine rings is 1. The minimum absolute atomic E-state index is 0.0755. The molecule has 5 heteroatoms. The number of ether oxygens (including phenoxy) is 1. The van der Waals surface area contributed by atoms with Crippen LogP contribution in [0.3, 0.4) is 0 Å². The van der Waals surface area contributed by atoms with Crippen LogP contribution in [0.25, 0.3) is 0 Å². The Hall–Kier alpha value is -2.01. The lowest BCUT2D eigenvalue weighted by Crippen LogP contribution is -2.24. The van der Waals surface area contributed by atoms with Crippen molar-refractivity contribution in [1.29, 1.82) is 0 Å². The summed E-state index contributed by atoms with van der Waals surface area (Å²) in [7, 11) is 0. The summed E-state index contributed by atoms with van der Waals surface area (Å²) in [6.45, 7) is 7.43. The van der Waals surface area contributed by atoms with Gasteiger partial charge in [0.1, 0.15) is 11.6 Å². The van der Waals surface area contributed by atoms with Gasteiger partial charge in [0.25, 0.3) is 0 Å². The zero-order chi connectivity index (χ0) is 14.4. The number of hydrogen-bond donors (Lipinski definition) is 1. The van der Waals surface area contributed by atoms with Gasteiger partial charge < -0.3 is 10.1 Å². The number of aryl methyl sites for hydroxylation is 1. The van der Waals surface area contributed by atoms with Crippen LogP contribution in [0.4, 0.5) is 0 Å². The smallest absolute Gasteiger partial charge is 0.149 e. The van der Waals surface area contributed by atoms with Crippen LogP contribution in [0.2, 0.25) is 0 Å². The Bertz CT molecular complexity index is 542. The molecule has 0 saturated carbocycles. The molecule has 0 aliphatic carbocycles. The third kappa shape index (κ3) is 3.51. The maximum Gasteiger partial charge on any atom is 0.149 e. The van der Waals surface area contributed by atoms with Gasteiger partial charge >= 0.3 is 0 Å². The number of rotatable bonds is 6. The number of hydrogen-bond acceptors (Lipinski definition) is 5. The van der Waals surface area contributed by atoms with Gasteiger partial charge in [0.05, 0.1) is 18.8 Å². The molecule has 2 heterocycles. The molecule has 0 radical (unpaired) electrons. The van der Waals surface area contributed by atoms with E-state index < -0.39 is 0 Å². The second-order valence-electron chi connectivity index (χ2n) is 4.50. The SMILES string of the molecule is CCNC(c1cncc(OCC)c1)c1ncc(C)cn1. The molecule has 2 rings (SSSR count). The van der Waals surface area contributed by atoms with Gasteiger partial charge in [-0.1, -0.05) is 6.92 Å². The molecule has 1 unspecified atom stereocenters. The molecule has 0 aliphatic heterocycles. The van der Waals surface area contributed by atoms with Crippen LogP contribution in [0.15, 0.2) is 30.9 Å². The Morgan fingerprint density at radius 3 is 2.55 bits per heavy atom. The molecule has 0 fully saturated rings. The van der Waals surface area contributed by atoms with Crippen molar-refractivity contribution in [2.24, 2.45) is 0 Å². The van der Waals surface area contributed by atoms with Gasteiger partial charge in [-0.3, -0.25) is 4.98 Å². The molecular weight excluding hydrogens is 252 g/mol.